The molecule has 2 heterocycles. The van der Waals surface area contributed by atoms with Crippen LogP contribution in [0.25, 0.3) is 0 Å². The van der Waals surface area contributed by atoms with Gasteiger partial charge in [0.15, 0.2) is 0 Å². The molecule has 0 amide bonds. The predicted octanol–water partition coefficient (Wildman–Crippen LogP) is 2.32. The highest BCUT2D eigenvalue weighted by atomic mass is 35.5. The van der Waals surface area contributed by atoms with E-state index in [-0.39, 0.29) is 12.4 Å². The molecule has 0 saturated carbocycles. The van der Waals surface area contributed by atoms with E-state index in [0.29, 0.717) is 5.92 Å². The van der Waals surface area contributed by atoms with Gasteiger partial charge in [-0.25, -0.2) is 4.98 Å². The zero-order valence-electron chi connectivity index (χ0n) is 10.6. The highest BCUT2D eigenvalue weighted by Gasteiger charge is 2.23. The fourth-order valence-electron chi connectivity index (χ4n) is 2.31. The summed E-state index contributed by atoms with van der Waals surface area (Å²) in [7, 11) is 0. The van der Waals surface area contributed by atoms with Crippen LogP contribution in [-0.2, 0) is 0 Å². The third-order valence-corrected chi connectivity index (χ3v) is 4.58. The SMILES string of the molecule is Cc1nc(C2CCCN(CCN)C2)sc1C.Cl. The summed E-state index contributed by atoms with van der Waals surface area (Å²) < 4.78 is 0. The lowest BCUT2D eigenvalue weighted by atomic mass is 9.99. The zero-order chi connectivity index (χ0) is 11.5. The topological polar surface area (TPSA) is 42.2 Å². The van der Waals surface area contributed by atoms with Crippen LogP contribution in [0.15, 0.2) is 0 Å². The number of thiazole rings is 1. The predicted molar refractivity (Wildman–Crippen MR) is 76.3 cm³/mol. The van der Waals surface area contributed by atoms with E-state index in [1.807, 2.05) is 11.3 Å². The Bertz CT molecular complexity index is 332. The van der Waals surface area contributed by atoms with Crippen LogP contribution in [0.3, 0.4) is 0 Å². The van der Waals surface area contributed by atoms with Crippen LogP contribution in [0.4, 0.5) is 0 Å². The second-order valence-corrected chi connectivity index (χ2v) is 5.86. The lowest BCUT2D eigenvalue weighted by Gasteiger charge is -2.31. The molecule has 1 aliphatic heterocycles. The van der Waals surface area contributed by atoms with E-state index < -0.39 is 0 Å². The fraction of sp³-hybridized carbons (Fsp3) is 0.750. The summed E-state index contributed by atoms with van der Waals surface area (Å²) in [5, 5.41) is 1.33. The van der Waals surface area contributed by atoms with Crippen molar-refractivity contribution in [2.75, 3.05) is 26.2 Å². The van der Waals surface area contributed by atoms with E-state index >= 15 is 0 Å². The number of piperidine rings is 1. The Kier molecular flexibility index (Phi) is 5.86. The van der Waals surface area contributed by atoms with Crippen molar-refractivity contribution >= 4 is 23.7 Å². The van der Waals surface area contributed by atoms with Gasteiger partial charge in [-0.15, -0.1) is 23.7 Å². The van der Waals surface area contributed by atoms with Gasteiger partial charge < -0.3 is 10.6 Å². The number of nitrogens with two attached hydrogens (primary N) is 1. The van der Waals surface area contributed by atoms with Crippen molar-refractivity contribution < 1.29 is 0 Å². The van der Waals surface area contributed by atoms with Crippen molar-refractivity contribution in [2.45, 2.75) is 32.6 Å². The smallest absolute Gasteiger partial charge is 0.0974 e. The van der Waals surface area contributed by atoms with Crippen LogP contribution in [0, 0.1) is 13.8 Å². The molecule has 0 aliphatic carbocycles. The molecule has 1 unspecified atom stereocenters. The number of nitrogens with zero attached hydrogens (tertiary/aromatic N) is 2. The van der Waals surface area contributed by atoms with Gasteiger partial charge in [-0.3, -0.25) is 0 Å². The van der Waals surface area contributed by atoms with E-state index in [1.165, 1.54) is 35.0 Å². The highest BCUT2D eigenvalue weighted by Crippen LogP contribution is 2.30. The molecule has 2 rings (SSSR count). The molecule has 1 saturated heterocycles. The number of rotatable bonds is 3. The van der Waals surface area contributed by atoms with Crippen LogP contribution in [0.2, 0.25) is 0 Å². The number of aryl methyl sites for hydroxylation is 2. The molecular weight excluding hydrogens is 254 g/mol. The first-order chi connectivity index (χ1) is 7.70. The fourth-order valence-corrected chi connectivity index (χ4v) is 3.36. The first kappa shape index (κ1) is 14.9. The van der Waals surface area contributed by atoms with E-state index in [9.17, 15) is 0 Å². The minimum absolute atomic E-state index is 0. The van der Waals surface area contributed by atoms with E-state index in [1.54, 1.807) is 0 Å². The molecule has 5 heteroatoms. The summed E-state index contributed by atoms with van der Waals surface area (Å²) in [6.07, 6.45) is 2.57. The van der Waals surface area contributed by atoms with E-state index in [2.05, 4.69) is 23.7 Å². The number of halogens is 1. The number of aromatic nitrogens is 1. The van der Waals surface area contributed by atoms with Crippen molar-refractivity contribution in [1.82, 2.24) is 9.88 Å². The van der Waals surface area contributed by atoms with Gasteiger partial charge in [-0.05, 0) is 33.2 Å². The molecule has 0 radical (unpaired) electrons. The molecule has 98 valence electrons. The molecule has 1 aliphatic rings. The Balaban J connectivity index is 0.00000144. The maximum atomic E-state index is 5.62. The molecule has 0 bridgehead atoms. The van der Waals surface area contributed by atoms with Gasteiger partial charge in [0.05, 0.1) is 10.7 Å². The van der Waals surface area contributed by atoms with Crippen LogP contribution in [0.1, 0.15) is 34.3 Å². The number of hydrogen-bond donors (Lipinski definition) is 1. The van der Waals surface area contributed by atoms with Gasteiger partial charge in [0.2, 0.25) is 0 Å². The zero-order valence-corrected chi connectivity index (χ0v) is 12.2. The molecule has 1 aromatic heterocycles. The van der Waals surface area contributed by atoms with Gasteiger partial charge in [-0.2, -0.15) is 0 Å². The van der Waals surface area contributed by atoms with Gasteiger partial charge in [-0.1, -0.05) is 0 Å². The number of likely N-dealkylation sites (tertiary alicyclic amines) is 1. The summed E-state index contributed by atoms with van der Waals surface area (Å²) in [6.45, 7) is 8.41. The third-order valence-electron chi connectivity index (χ3n) is 3.35. The summed E-state index contributed by atoms with van der Waals surface area (Å²) in [6, 6.07) is 0. The molecule has 1 fully saturated rings. The number of hydrogen-bond acceptors (Lipinski definition) is 4. The Morgan fingerprint density at radius 1 is 1.47 bits per heavy atom. The Morgan fingerprint density at radius 2 is 2.24 bits per heavy atom. The molecule has 1 aromatic rings. The summed E-state index contributed by atoms with van der Waals surface area (Å²) in [5.41, 5.74) is 6.82. The van der Waals surface area contributed by atoms with Gasteiger partial charge in [0.25, 0.3) is 0 Å². The van der Waals surface area contributed by atoms with Crippen LogP contribution in [0.5, 0.6) is 0 Å². The van der Waals surface area contributed by atoms with Crippen molar-refractivity contribution in [3.63, 3.8) is 0 Å². The lowest BCUT2D eigenvalue weighted by molar-refractivity contribution is 0.213. The average molecular weight is 276 g/mol. The molecule has 0 aromatic carbocycles. The molecule has 3 nitrogen and oxygen atoms in total. The Labute approximate surface area is 114 Å². The van der Waals surface area contributed by atoms with E-state index in [4.69, 9.17) is 5.73 Å². The maximum Gasteiger partial charge on any atom is 0.0974 e. The highest BCUT2D eigenvalue weighted by molar-refractivity contribution is 7.11. The first-order valence-corrected chi connectivity index (χ1v) is 6.88. The van der Waals surface area contributed by atoms with Gasteiger partial charge in [0, 0.05) is 30.4 Å². The molecule has 1 atom stereocenters. The quantitative estimate of drug-likeness (QED) is 0.921. The van der Waals surface area contributed by atoms with Crippen molar-refractivity contribution in [3.05, 3.63) is 15.6 Å². The third kappa shape index (κ3) is 3.65. The molecule has 0 spiro atoms. The summed E-state index contributed by atoms with van der Waals surface area (Å²) in [5.74, 6) is 0.637. The summed E-state index contributed by atoms with van der Waals surface area (Å²) >= 11 is 1.87. The first-order valence-electron chi connectivity index (χ1n) is 6.07. The van der Waals surface area contributed by atoms with Gasteiger partial charge in [0.1, 0.15) is 0 Å². The molecule has 2 N–H and O–H groups in total. The van der Waals surface area contributed by atoms with E-state index in [0.717, 1.165) is 19.6 Å². The second kappa shape index (κ2) is 6.69. The second-order valence-electron chi connectivity index (χ2n) is 4.62. The largest absolute Gasteiger partial charge is 0.329 e. The maximum absolute atomic E-state index is 5.62. The Morgan fingerprint density at radius 3 is 2.82 bits per heavy atom. The molecule has 17 heavy (non-hydrogen) atoms. The monoisotopic (exact) mass is 275 g/mol. The van der Waals surface area contributed by atoms with Crippen molar-refractivity contribution in [3.8, 4) is 0 Å². The minimum Gasteiger partial charge on any atom is -0.329 e. The standard InChI is InChI=1S/C12H21N3S.ClH/c1-9-10(2)16-12(14-9)11-4-3-6-15(8-11)7-5-13;/h11H,3-8,13H2,1-2H3;1H. The normalized spacial score (nSPS) is 21.2. The minimum atomic E-state index is 0. The van der Waals surface area contributed by atoms with Crippen molar-refractivity contribution in [1.29, 1.82) is 0 Å². The van der Waals surface area contributed by atoms with Crippen molar-refractivity contribution in [2.24, 2.45) is 5.73 Å². The van der Waals surface area contributed by atoms with Crippen LogP contribution >= 0.6 is 23.7 Å². The summed E-state index contributed by atoms with van der Waals surface area (Å²) in [4.78, 5) is 8.53. The van der Waals surface area contributed by atoms with Crippen LogP contribution < -0.4 is 5.73 Å². The average Bonchev–Trinajstić information content (AvgIpc) is 2.60. The van der Waals surface area contributed by atoms with Crippen LogP contribution in [-0.4, -0.2) is 36.1 Å². The molecular formula is C12H22ClN3S. The lowest BCUT2D eigenvalue weighted by Crippen LogP contribution is -2.37. The Hall–Kier alpha value is -0.160. The van der Waals surface area contributed by atoms with Gasteiger partial charge >= 0.3 is 0 Å².